The van der Waals surface area contributed by atoms with Crippen molar-refractivity contribution in [3.8, 4) is 10.7 Å². The molecule has 0 atom stereocenters. The molecule has 2 aromatic heterocycles. The minimum absolute atomic E-state index is 0.537. The summed E-state index contributed by atoms with van der Waals surface area (Å²) in [6.45, 7) is 0.670. The van der Waals surface area contributed by atoms with Gasteiger partial charge in [0.1, 0.15) is 0 Å². The lowest BCUT2D eigenvalue weighted by molar-refractivity contribution is 0.407. The lowest BCUT2D eigenvalue weighted by atomic mass is 10.0. The fourth-order valence-electron chi connectivity index (χ4n) is 2.34. The van der Waals surface area contributed by atoms with E-state index in [-0.39, 0.29) is 0 Å². The average molecular weight is 360 g/mol. The van der Waals surface area contributed by atoms with Crippen molar-refractivity contribution in [2.75, 3.05) is 6.54 Å². The first-order chi connectivity index (χ1) is 11.8. The van der Waals surface area contributed by atoms with Gasteiger partial charge >= 0.3 is 0 Å². The van der Waals surface area contributed by atoms with Crippen LogP contribution in [0.3, 0.4) is 0 Å². The average Bonchev–Trinajstić information content (AvgIpc) is 3.27. The zero-order chi connectivity index (χ0) is 16.8. The lowest BCUT2D eigenvalue weighted by Gasteiger charge is -2.04. The largest absolute Gasteiger partial charge is 0.334 e. The first-order valence-corrected chi connectivity index (χ1v) is 9.07. The van der Waals surface area contributed by atoms with Crippen molar-refractivity contribution in [3.63, 3.8) is 0 Å². The van der Waals surface area contributed by atoms with Gasteiger partial charge in [0.25, 0.3) is 5.89 Å². The minimum atomic E-state index is 0.537. The Morgan fingerprint density at radius 2 is 2.08 bits per heavy atom. The molecule has 4 nitrogen and oxygen atoms in total. The van der Waals surface area contributed by atoms with E-state index < -0.39 is 0 Å². The molecule has 0 bridgehead atoms. The number of allylic oxidation sites excluding steroid dienone is 1. The smallest absolute Gasteiger partial charge is 0.254 e. The fourth-order valence-corrected chi connectivity index (χ4v) is 3.18. The molecule has 24 heavy (non-hydrogen) atoms. The van der Waals surface area contributed by atoms with Gasteiger partial charge in [0, 0.05) is 10.6 Å². The van der Waals surface area contributed by atoms with Gasteiger partial charge in [-0.25, -0.2) is 0 Å². The Labute approximate surface area is 150 Å². The molecule has 0 fully saturated rings. The summed E-state index contributed by atoms with van der Waals surface area (Å²) >= 11 is 7.86. The molecule has 0 amide bonds. The van der Waals surface area contributed by atoms with Crippen LogP contribution in [0.15, 0.2) is 46.3 Å². The molecule has 0 aliphatic carbocycles. The first kappa shape index (κ1) is 16.9. The van der Waals surface area contributed by atoms with E-state index >= 15 is 0 Å². The molecule has 0 saturated carbocycles. The van der Waals surface area contributed by atoms with Crippen LogP contribution in [0.2, 0.25) is 5.02 Å². The summed E-state index contributed by atoms with van der Waals surface area (Å²) < 4.78 is 5.50. The van der Waals surface area contributed by atoms with Gasteiger partial charge in [-0.15, -0.1) is 11.3 Å². The van der Waals surface area contributed by atoms with Crippen LogP contribution in [0, 0.1) is 0 Å². The van der Waals surface area contributed by atoms with E-state index in [1.54, 1.807) is 11.3 Å². The SMILES string of the molecule is NCCCC/C(=C\c1ccccc1Cl)c1nc(-c2cccs2)no1. The zero-order valence-corrected chi connectivity index (χ0v) is 14.7. The van der Waals surface area contributed by atoms with E-state index in [4.69, 9.17) is 21.9 Å². The highest BCUT2D eigenvalue weighted by Gasteiger charge is 2.14. The summed E-state index contributed by atoms with van der Waals surface area (Å²) in [5.41, 5.74) is 7.53. The topological polar surface area (TPSA) is 64.9 Å². The Bertz CT molecular complexity index is 811. The van der Waals surface area contributed by atoms with Gasteiger partial charge in [-0.05, 0) is 55.0 Å². The summed E-state index contributed by atoms with van der Waals surface area (Å²) in [4.78, 5) is 5.54. The van der Waals surface area contributed by atoms with Gasteiger partial charge in [0.05, 0.1) is 4.88 Å². The monoisotopic (exact) mass is 359 g/mol. The summed E-state index contributed by atoms with van der Waals surface area (Å²) in [7, 11) is 0. The maximum Gasteiger partial charge on any atom is 0.254 e. The maximum atomic E-state index is 6.27. The molecule has 1 aromatic carbocycles. The minimum Gasteiger partial charge on any atom is -0.334 e. The highest BCUT2D eigenvalue weighted by molar-refractivity contribution is 7.13. The summed E-state index contributed by atoms with van der Waals surface area (Å²) in [6.07, 6.45) is 4.74. The van der Waals surface area contributed by atoms with Crippen molar-refractivity contribution in [1.82, 2.24) is 10.1 Å². The number of hydrogen-bond donors (Lipinski definition) is 1. The summed E-state index contributed by atoms with van der Waals surface area (Å²) in [5.74, 6) is 1.15. The van der Waals surface area contributed by atoms with Crippen LogP contribution in [0.1, 0.15) is 30.7 Å². The number of halogens is 1. The van der Waals surface area contributed by atoms with Crippen LogP contribution in [-0.2, 0) is 0 Å². The second-order valence-corrected chi connectivity index (χ2v) is 6.69. The van der Waals surface area contributed by atoms with E-state index in [0.29, 0.717) is 23.3 Å². The Balaban J connectivity index is 1.91. The van der Waals surface area contributed by atoms with Gasteiger partial charge in [-0.3, -0.25) is 0 Å². The number of unbranched alkanes of at least 4 members (excludes halogenated alkanes) is 1. The van der Waals surface area contributed by atoms with Gasteiger partial charge in [0.2, 0.25) is 5.82 Å². The number of rotatable bonds is 7. The second-order valence-electron chi connectivity index (χ2n) is 5.34. The number of hydrogen-bond acceptors (Lipinski definition) is 5. The Hall–Kier alpha value is -1.95. The van der Waals surface area contributed by atoms with Crippen molar-refractivity contribution in [1.29, 1.82) is 0 Å². The predicted molar refractivity (Wildman–Crippen MR) is 99.8 cm³/mol. The third-order valence-corrected chi connectivity index (χ3v) is 4.79. The molecule has 2 N–H and O–H groups in total. The van der Waals surface area contributed by atoms with Crippen LogP contribution < -0.4 is 5.73 Å². The van der Waals surface area contributed by atoms with E-state index in [9.17, 15) is 0 Å². The van der Waals surface area contributed by atoms with Crippen molar-refractivity contribution >= 4 is 34.6 Å². The molecule has 2 heterocycles. The maximum absolute atomic E-state index is 6.27. The quantitative estimate of drug-likeness (QED) is 0.594. The number of thiophene rings is 1. The molecule has 0 aliphatic rings. The van der Waals surface area contributed by atoms with Crippen molar-refractivity contribution in [2.24, 2.45) is 5.73 Å². The van der Waals surface area contributed by atoms with E-state index in [2.05, 4.69) is 10.1 Å². The summed E-state index contributed by atoms with van der Waals surface area (Å²) in [5, 5.41) is 6.79. The zero-order valence-electron chi connectivity index (χ0n) is 13.1. The van der Waals surface area contributed by atoms with Gasteiger partial charge in [-0.1, -0.05) is 41.0 Å². The molecular formula is C18H18ClN3OS. The van der Waals surface area contributed by atoms with Crippen LogP contribution in [0.5, 0.6) is 0 Å². The summed E-state index contributed by atoms with van der Waals surface area (Å²) in [6, 6.07) is 11.7. The van der Waals surface area contributed by atoms with Crippen molar-refractivity contribution in [3.05, 3.63) is 58.3 Å². The first-order valence-electron chi connectivity index (χ1n) is 7.81. The Morgan fingerprint density at radius 1 is 1.21 bits per heavy atom. The van der Waals surface area contributed by atoms with E-state index in [1.165, 1.54) is 0 Å². The number of nitrogens with zero attached hydrogens (tertiary/aromatic N) is 2. The second kappa shape index (κ2) is 8.24. The van der Waals surface area contributed by atoms with Gasteiger partial charge in [-0.2, -0.15) is 4.98 Å². The van der Waals surface area contributed by atoms with Gasteiger partial charge < -0.3 is 10.3 Å². The Morgan fingerprint density at radius 3 is 2.83 bits per heavy atom. The highest BCUT2D eigenvalue weighted by Crippen LogP contribution is 2.28. The van der Waals surface area contributed by atoms with Crippen LogP contribution >= 0.6 is 22.9 Å². The number of aromatic nitrogens is 2. The third-order valence-electron chi connectivity index (χ3n) is 3.58. The Kier molecular flexibility index (Phi) is 5.80. The molecule has 0 saturated heterocycles. The van der Waals surface area contributed by atoms with Crippen LogP contribution in [0.25, 0.3) is 22.4 Å². The molecule has 124 valence electrons. The molecule has 0 unspecified atom stereocenters. The molecule has 6 heteroatoms. The van der Waals surface area contributed by atoms with E-state index in [1.807, 2.05) is 47.9 Å². The number of nitrogens with two attached hydrogens (primary N) is 1. The third kappa shape index (κ3) is 4.12. The molecule has 3 aromatic rings. The van der Waals surface area contributed by atoms with E-state index in [0.717, 1.165) is 35.3 Å². The van der Waals surface area contributed by atoms with Crippen molar-refractivity contribution in [2.45, 2.75) is 19.3 Å². The lowest BCUT2D eigenvalue weighted by Crippen LogP contribution is -1.98. The van der Waals surface area contributed by atoms with Crippen LogP contribution in [-0.4, -0.2) is 16.7 Å². The molecule has 0 radical (unpaired) electrons. The highest BCUT2D eigenvalue weighted by atomic mass is 35.5. The van der Waals surface area contributed by atoms with Crippen LogP contribution in [0.4, 0.5) is 0 Å². The standard InChI is InChI=1S/C18H18ClN3OS/c19-15-8-2-1-6-13(15)12-14(7-3-4-10-20)18-21-17(22-23-18)16-9-5-11-24-16/h1-2,5-6,8-9,11-12H,3-4,7,10,20H2/b14-12+. The predicted octanol–water partition coefficient (Wildman–Crippen LogP) is 5.12. The molecule has 0 spiro atoms. The normalized spacial score (nSPS) is 11.8. The molecular weight excluding hydrogens is 342 g/mol. The van der Waals surface area contributed by atoms with Gasteiger partial charge in [0.15, 0.2) is 0 Å². The number of benzene rings is 1. The van der Waals surface area contributed by atoms with Crippen molar-refractivity contribution < 1.29 is 4.52 Å². The molecule has 3 rings (SSSR count). The molecule has 0 aliphatic heterocycles. The fraction of sp³-hybridized carbons (Fsp3) is 0.222.